The first-order valence-corrected chi connectivity index (χ1v) is 9.11. The maximum Gasteiger partial charge on any atom is 0.262 e. The van der Waals surface area contributed by atoms with Gasteiger partial charge < -0.3 is 10.1 Å². The van der Waals surface area contributed by atoms with Gasteiger partial charge in [-0.3, -0.25) is 4.40 Å². The molecule has 0 saturated carbocycles. The van der Waals surface area contributed by atoms with Gasteiger partial charge >= 0.3 is 0 Å². The van der Waals surface area contributed by atoms with Crippen molar-refractivity contribution in [2.75, 3.05) is 32.1 Å². The molecule has 0 radical (unpaired) electrons. The Balaban J connectivity index is 2.08. The summed E-state index contributed by atoms with van der Waals surface area (Å²) < 4.78 is 34.7. The van der Waals surface area contributed by atoms with Crippen molar-refractivity contribution in [2.45, 2.75) is 24.5 Å². The predicted molar refractivity (Wildman–Crippen MR) is 81.4 cm³/mol. The summed E-state index contributed by atoms with van der Waals surface area (Å²) in [5, 5.41) is 4.91. The van der Waals surface area contributed by atoms with Gasteiger partial charge in [0.05, 0.1) is 6.10 Å². The molecule has 1 fully saturated rings. The molecule has 0 amide bonds. The van der Waals surface area contributed by atoms with E-state index in [4.69, 9.17) is 4.74 Å². The SMILES string of the molecule is CNc1nc2sccn2c1S(=O)(=O)N1CCCOC(C)C1. The summed E-state index contributed by atoms with van der Waals surface area (Å²) in [5.74, 6) is 0.389. The fourth-order valence-corrected chi connectivity index (χ4v) is 5.05. The number of sulfonamides is 1. The second-order valence-corrected chi connectivity index (χ2v) is 7.70. The average molecular weight is 330 g/mol. The van der Waals surface area contributed by atoms with E-state index in [0.717, 1.165) is 0 Å². The number of fused-ring (bicyclic) bond motifs is 1. The smallest absolute Gasteiger partial charge is 0.262 e. The van der Waals surface area contributed by atoms with Crippen molar-refractivity contribution in [3.63, 3.8) is 0 Å². The van der Waals surface area contributed by atoms with Crippen LogP contribution in [0.3, 0.4) is 0 Å². The van der Waals surface area contributed by atoms with E-state index < -0.39 is 10.0 Å². The molecule has 1 aliphatic rings. The van der Waals surface area contributed by atoms with Crippen molar-refractivity contribution in [3.05, 3.63) is 11.6 Å². The summed E-state index contributed by atoms with van der Waals surface area (Å²) in [4.78, 5) is 4.99. The van der Waals surface area contributed by atoms with Gasteiger partial charge in [0.2, 0.25) is 0 Å². The fourth-order valence-electron chi connectivity index (χ4n) is 2.47. The van der Waals surface area contributed by atoms with E-state index in [1.165, 1.54) is 15.6 Å². The number of imidazole rings is 1. The lowest BCUT2D eigenvalue weighted by molar-refractivity contribution is 0.0752. The van der Waals surface area contributed by atoms with E-state index in [0.29, 0.717) is 36.9 Å². The number of anilines is 1. The predicted octanol–water partition coefficient (Wildman–Crippen LogP) is 1.24. The molecule has 1 unspecified atom stereocenters. The third-order valence-electron chi connectivity index (χ3n) is 3.45. The summed E-state index contributed by atoms with van der Waals surface area (Å²) in [6, 6.07) is 0. The van der Waals surface area contributed by atoms with E-state index >= 15 is 0 Å². The van der Waals surface area contributed by atoms with Crippen LogP contribution < -0.4 is 5.32 Å². The van der Waals surface area contributed by atoms with Crippen molar-refractivity contribution < 1.29 is 13.2 Å². The highest BCUT2D eigenvalue weighted by Gasteiger charge is 2.33. The van der Waals surface area contributed by atoms with Crippen molar-refractivity contribution in [1.29, 1.82) is 0 Å². The van der Waals surface area contributed by atoms with Crippen molar-refractivity contribution in [3.8, 4) is 0 Å². The van der Waals surface area contributed by atoms with E-state index in [1.54, 1.807) is 17.6 Å². The third kappa shape index (κ3) is 2.54. The van der Waals surface area contributed by atoms with Gasteiger partial charge in [0.15, 0.2) is 15.8 Å². The van der Waals surface area contributed by atoms with Crippen LogP contribution in [0.1, 0.15) is 13.3 Å². The van der Waals surface area contributed by atoms with Crippen LogP contribution in [0.2, 0.25) is 0 Å². The first-order valence-electron chi connectivity index (χ1n) is 6.79. The normalized spacial score (nSPS) is 21.5. The Bertz CT molecular complexity index is 737. The average Bonchev–Trinajstić information content (AvgIpc) is 2.94. The highest BCUT2D eigenvalue weighted by molar-refractivity contribution is 7.89. The molecule has 3 heterocycles. The molecular formula is C12H18N4O3S2. The minimum absolute atomic E-state index is 0.105. The van der Waals surface area contributed by atoms with E-state index in [1.807, 2.05) is 12.3 Å². The molecule has 1 aliphatic heterocycles. The lowest BCUT2D eigenvalue weighted by Gasteiger charge is -2.21. The Morgan fingerprint density at radius 2 is 2.33 bits per heavy atom. The van der Waals surface area contributed by atoms with Gasteiger partial charge in [0.25, 0.3) is 10.0 Å². The molecule has 116 valence electrons. The molecule has 0 bridgehead atoms. The van der Waals surface area contributed by atoms with Crippen LogP contribution in [0.15, 0.2) is 16.6 Å². The Labute approximate surface area is 127 Å². The fraction of sp³-hybridized carbons (Fsp3) is 0.583. The van der Waals surface area contributed by atoms with Crippen LogP contribution in [0.4, 0.5) is 5.82 Å². The van der Waals surface area contributed by atoms with E-state index in [-0.39, 0.29) is 11.1 Å². The number of rotatable bonds is 3. The number of nitrogens with one attached hydrogen (secondary N) is 1. The summed E-state index contributed by atoms with van der Waals surface area (Å²) in [6.45, 7) is 3.31. The molecule has 0 aromatic carbocycles. The van der Waals surface area contributed by atoms with Gasteiger partial charge in [-0.05, 0) is 13.3 Å². The van der Waals surface area contributed by atoms with Crippen LogP contribution in [0.5, 0.6) is 0 Å². The molecule has 3 rings (SSSR count). The van der Waals surface area contributed by atoms with E-state index in [2.05, 4.69) is 10.3 Å². The van der Waals surface area contributed by atoms with Gasteiger partial charge in [-0.2, -0.15) is 4.31 Å². The first-order chi connectivity index (χ1) is 10.0. The summed E-state index contributed by atoms with van der Waals surface area (Å²) in [5.41, 5.74) is 0. The van der Waals surface area contributed by atoms with Crippen LogP contribution in [-0.4, -0.2) is 55.0 Å². The molecule has 1 saturated heterocycles. The molecule has 1 N–H and O–H groups in total. The van der Waals surface area contributed by atoms with E-state index in [9.17, 15) is 8.42 Å². The third-order valence-corrected chi connectivity index (χ3v) is 6.10. The molecule has 2 aromatic heterocycles. The number of nitrogens with zero attached hydrogens (tertiary/aromatic N) is 3. The zero-order valence-corrected chi connectivity index (χ0v) is 13.6. The quantitative estimate of drug-likeness (QED) is 0.916. The highest BCUT2D eigenvalue weighted by atomic mass is 32.2. The number of ether oxygens (including phenoxy) is 1. The summed E-state index contributed by atoms with van der Waals surface area (Å²) in [7, 11) is -1.94. The molecule has 21 heavy (non-hydrogen) atoms. The maximum atomic E-state index is 13.0. The summed E-state index contributed by atoms with van der Waals surface area (Å²) in [6.07, 6.45) is 2.33. The molecule has 0 spiro atoms. The van der Waals surface area contributed by atoms with Gasteiger partial charge in [0.1, 0.15) is 0 Å². The van der Waals surface area contributed by atoms with Crippen molar-refractivity contribution in [1.82, 2.24) is 13.7 Å². The lowest BCUT2D eigenvalue weighted by Crippen LogP contribution is -2.36. The lowest BCUT2D eigenvalue weighted by atomic mass is 10.4. The Hall–Kier alpha value is -1.16. The van der Waals surface area contributed by atoms with Crippen LogP contribution in [0.25, 0.3) is 4.96 Å². The van der Waals surface area contributed by atoms with Crippen molar-refractivity contribution >= 4 is 32.1 Å². The molecule has 0 aliphatic carbocycles. The minimum Gasteiger partial charge on any atom is -0.377 e. The Morgan fingerprint density at radius 3 is 3.10 bits per heavy atom. The number of thiazole rings is 1. The number of hydrogen-bond donors (Lipinski definition) is 1. The minimum atomic E-state index is -3.62. The van der Waals surface area contributed by atoms with Gasteiger partial charge in [-0.1, -0.05) is 0 Å². The second kappa shape index (κ2) is 5.56. The summed E-state index contributed by atoms with van der Waals surface area (Å²) >= 11 is 1.41. The standard InChI is InChI=1S/C12H18N4O3S2/c1-9-8-15(4-3-6-19-9)21(17,18)11-10(13-2)14-12-16(11)5-7-20-12/h5,7,9,13H,3-4,6,8H2,1-2H3. The molecular weight excluding hydrogens is 312 g/mol. The number of hydrogen-bond acceptors (Lipinski definition) is 6. The molecule has 7 nitrogen and oxygen atoms in total. The first kappa shape index (κ1) is 14.8. The van der Waals surface area contributed by atoms with Crippen molar-refractivity contribution in [2.24, 2.45) is 0 Å². The van der Waals surface area contributed by atoms with Crippen LogP contribution >= 0.6 is 11.3 Å². The van der Waals surface area contributed by atoms with Gasteiger partial charge in [0, 0.05) is 38.3 Å². The zero-order valence-electron chi connectivity index (χ0n) is 11.9. The van der Waals surface area contributed by atoms with Gasteiger partial charge in [-0.15, -0.1) is 11.3 Å². The van der Waals surface area contributed by atoms with Crippen LogP contribution in [0, 0.1) is 0 Å². The Kier molecular flexibility index (Phi) is 3.91. The molecule has 9 heteroatoms. The topological polar surface area (TPSA) is 75.9 Å². The van der Waals surface area contributed by atoms with Crippen LogP contribution in [-0.2, 0) is 14.8 Å². The largest absolute Gasteiger partial charge is 0.377 e. The Morgan fingerprint density at radius 1 is 1.52 bits per heavy atom. The molecule has 2 aromatic rings. The van der Waals surface area contributed by atoms with Gasteiger partial charge in [-0.25, -0.2) is 13.4 Å². The monoisotopic (exact) mass is 330 g/mol. The molecule has 1 atom stereocenters. The second-order valence-electron chi connectivity index (χ2n) is 4.97. The zero-order chi connectivity index (χ0) is 15.0. The highest BCUT2D eigenvalue weighted by Crippen LogP contribution is 2.28. The number of aromatic nitrogens is 2. The maximum absolute atomic E-state index is 13.0.